The normalized spacial score (nSPS) is 25.8. The van der Waals surface area contributed by atoms with Crippen molar-refractivity contribution in [1.82, 2.24) is 9.91 Å². The van der Waals surface area contributed by atoms with Crippen LogP contribution in [0.4, 0.5) is 10.1 Å². The molecule has 4 aromatic rings. The molecular formula is C43H37ClFN3O7. The van der Waals surface area contributed by atoms with E-state index in [2.05, 4.69) is 5.43 Å². The summed E-state index contributed by atoms with van der Waals surface area (Å²) in [7, 11) is 2.84. The van der Waals surface area contributed by atoms with Gasteiger partial charge in [-0.15, -0.1) is 0 Å². The minimum Gasteiger partial charge on any atom is -0.502 e. The number of likely N-dealkylation sites (tertiary alicyclic amines) is 1. The Morgan fingerprint density at radius 3 is 2.22 bits per heavy atom. The number of hydrogen-bond acceptors (Lipinski definition) is 8. The Hall–Kier alpha value is -5.94. The Morgan fingerprint density at radius 1 is 0.891 bits per heavy atom. The Kier molecular flexibility index (Phi) is 9.21. The molecule has 2 heterocycles. The number of ether oxygens (including phenoxy) is 2. The van der Waals surface area contributed by atoms with Crippen molar-refractivity contribution in [1.29, 1.82) is 0 Å². The molecule has 6 unspecified atom stereocenters. The number of carbonyl (C=O) groups excluding carboxylic acids is 4. The van der Waals surface area contributed by atoms with Gasteiger partial charge in [0.05, 0.1) is 49.6 Å². The average Bonchev–Trinajstić information content (AvgIpc) is 3.56. The van der Waals surface area contributed by atoms with Crippen LogP contribution < -0.4 is 14.9 Å². The van der Waals surface area contributed by atoms with E-state index in [-0.39, 0.29) is 48.4 Å². The molecule has 12 heteroatoms. The number of anilines is 1. The van der Waals surface area contributed by atoms with Crippen molar-refractivity contribution in [3.63, 3.8) is 0 Å². The van der Waals surface area contributed by atoms with Crippen molar-refractivity contribution in [3.05, 3.63) is 136 Å². The maximum atomic E-state index is 15.2. The number of benzene rings is 4. The Balaban J connectivity index is 1.29. The van der Waals surface area contributed by atoms with E-state index in [0.717, 1.165) is 16.1 Å². The summed E-state index contributed by atoms with van der Waals surface area (Å²) in [6.07, 6.45) is 5.98. The molecule has 0 aromatic heterocycles. The summed E-state index contributed by atoms with van der Waals surface area (Å²) in [4.78, 5) is 59.7. The van der Waals surface area contributed by atoms with Crippen LogP contribution in [-0.2, 0) is 31.1 Å². The highest BCUT2D eigenvalue weighted by Crippen LogP contribution is 2.61. The van der Waals surface area contributed by atoms with Gasteiger partial charge in [-0.25, -0.2) is 4.39 Å². The van der Waals surface area contributed by atoms with Gasteiger partial charge in [-0.2, -0.15) is 5.01 Å². The summed E-state index contributed by atoms with van der Waals surface area (Å²) in [5.74, 6) is -5.64. The van der Waals surface area contributed by atoms with Crippen molar-refractivity contribution in [3.8, 4) is 17.2 Å². The predicted octanol–water partition coefficient (Wildman–Crippen LogP) is 6.93. The first-order valence-corrected chi connectivity index (χ1v) is 18.3. The number of nitrogens with one attached hydrogen (secondary N) is 1. The molecular weight excluding hydrogens is 725 g/mol. The van der Waals surface area contributed by atoms with Crippen molar-refractivity contribution >= 4 is 47.0 Å². The zero-order valence-corrected chi connectivity index (χ0v) is 30.7. The lowest BCUT2D eigenvalue weighted by Crippen LogP contribution is -2.54. The molecule has 280 valence electrons. The minimum atomic E-state index is -1.53. The van der Waals surface area contributed by atoms with Gasteiger partial charge < -0.3 is 14.6 Å². The number of nitrogens with zero attached hydrogens (tertiary/aromatic N) is 2. The van der Waals surface area contributed by atoms with Gasteiger partial charge in [-0.3, -0.25) is 29.5 Å². The third kappa shape index (κ3) is 5.85. The topological polar surface area (TPSA) is 125 Å². The molecule has 3 fully saturated rings. The van der Waals surface area contributed by atoms with Gasteiger partial charge in [0.25, 0.3) is 11.8 Å². The Bertz CT molecular complexity index is 2240. The zero-order valence-electron chi connectivity index (χ0n) is 29.9. The zero-order chi connectivity index (χ0) is 38.6. The predicted molar refractivity (Wildman–Crippen MR) is 202 cm³/mol. The number of aromatic hydroxyl groups is 1. The summed E-state index contributed by atoms with van der Waals surface area (Å²) in [6, 6.07) is 24.7. The summed E-state index contributed by atoms with van der Waals surface area (Å²) in [5.41, 5.74) is 4.45. The molecule has 4 aromatic carbocycles. The molecule has 2 saturated heterocycles. The molecule has 1 saturated carbocycles. The summed E-state index contributed by atoms with van der Waals surface area (Å²) in [6.45, 7) is 0.131. The van der Waals surface area contributed by atoms with Crippen LogP contribution >= 0.6 is 11.6 Å². The van der Waals surface area contributed by atoms with Gasteiger partial charge in [0, 0.05) is 10.9 Å². The van der Waals surface area contributed by atoms with Gasteiger partial charge in [0.1, 0.15) is 5.82 Å². The van der Waals surface area contributed by atoms with Crippen LogP contribution in [0.3, 0.4) is 0 Å². The van der Waals surface area contributed by atoms with E-state index < -0.39 is 52.6 Å². The molecule has 55 heavy (non-hydrogen) atoms. The largest absolute Gasteiger partial charge is 0.502 e. The number of phenols is 1. The second-order valence-corrected chi connectivity index (χ2v) is 14.7. The van der Waals surface area contributed by atoms with Crippen molar-refractivity contribution in [2.24, 2.45) is 29.6 Å². The molecule has 0 bridgehead atoms. The van der Waals surface area contributed by atoms with E-state index in [1.807, 2.05) is 42.5 Å². The van der Waals surface area contributed by atoms with E-state index in [9.17, 15) is 23.9 Å². The highest BCUT2D eigenvalue weighted by atomic mass is 35.5. The standard InChI is InChI=1S/C43H37ClFN3O7/c1-54-35-20-25(21-36(55-2)38(35)49)8-19-33-30-17-18-31-37(41(52)47(39(31)50)23-24-6-4-3-5-7-24)32(30)22-34-40(51)48(46-29-15-13-28(45)14-16-29)42(53)43(33,34)26-9-11-27(44)12-10-26/h3-17,19-21,31-34,37,46,49H,18,22-23H2,1-2H3. The number of halogens is 2. The molecule has 6 atom stereocenters. The number of allylic oxidation sites excluding steroid dienone is 3. The lowest BCUT2D eigenvalue weighted by Gasteiger charge is -2.49. The SMILES string of the molecule is COc1cc(C=CC2C3=CCC4C(=O)N(Cc5ccccc5)C(=O)C4C3CC3C(=O)N(Nc4ccc(F)cc4)C(=O)C23c2ccc(Cl)cc2)cc(OC)c1O. The molecule has 0 spiro atoms. The number of fused-ring (bicyclic) bond motifs is 4. The monoisotopic (exact) mass is 761 g/mol. The van der Waals surface area contributed by atoms with Crippen molar-refractivity contribution in [2.45, 2.75) is 24.8 Å². The number of hydrazine groups is 1. The minimum absolute atomic E-state index is 0.116. The van der Waals surface area contributed by atoms with Crippen LogP contribution in [0.25, 0.3) is 6.08 Å². The Labute approximate surface area is 321 Å². The molecule has 8 rings (SSSR count). The molecule has 4 amide bonds. The highest BCUT2D eigenvalue weighted by molar-refractivity contribution is 6.30. The number of hydrogen-bond donors (Lipinski definition) is 2. The van der Waals surface area contributed by atoms with Gasteiger partial charge in [-0.05, 0) is 84.0 Å². The van der Waals surface area contributed by atoms with Gasteiger partial charge >= 0.3 is 0 Å². The third-order valence-corrected chi connectivity index (χ3v) is 11.8. The third-order valence-electron chi connectivity index (χ3n) is 11.6. The number of methoxy groups -OCH3 is 2. The van der Waals surface area contributed by atoms with Crippen LogP contribution in [0.5, 0.6) is 17.2 Å². The summed E-state index contributed by atoms with van der Waals surface area (Å²) in [5, 5.41) is 12.1. The van der Waals surface area contributed by atoms with E-state index in [0.29, 0.717) is 21.8 Å². The van der Waals surface area contributed by atoms with Crippen LogP contribution in [0.1, 0.15) is 29.5 Å². The van der Waals surface area contributed by atoms with E-state index in [1.165, 1.54) is 43.4 Å². The fourth-order valence-corrected chi connectivity index (χ4v) is 9.23. The van der Waals surface area contributed by atoms with Crippen LogP contribution in [-0.4, -0.2) is 52.9 Å². The quantitative estimate of drug-likeness (QED) is 0.139. The average molecular weight is 762 g/mol. The van der Waals surface area contributed by atoms with Gasteiger partial charge in [0.2, 0.25) is 17.6 Å². The van der Waals surface area contributed by atoms with Crippen LogP contribution in [0, 0.1) is 35.4 Å². The fraction of sp³-hybridized carbons (Fsp3) is 0.256. The highest BCUT2D eigenvalue weighted by Gasteiger charge is 2.69. The number of carbonyl (C=O) groups is 4. The molecule has 2 aliphatic carbocycles. The second-order valence-electron chi connectivity index (χ2n) is 14.3. The molecule has 10 nitrogen and oxygen atoms in total. The molecule has 0 radical (unpaired) electrons. The van der Waals surface area contributed by atoms with Crippen LogP contribution in [0.15, 0.2) is 109 Å². The first-order valence-electron chi connectivity index (χ1n) is 18.0. The van der Waals surface area contributed by atoms with E-state index >= 15 is 4.79 Å². The van der Waals surface area contributed by atoms with E-state index in [1.54, 1.807) is 42.5 Å². The molecule has 2 N–H and O–H groups in total. The maximum absolute atomic E-state index is 15.2. The fourth-order valence-electron chi connectivity index (χ4n) is 9.11. The smallest absolute Gasteiger partial charge is 0.260 e. The van der Waals surface area contributed by atoms with Gasteiger partial charge in [-0.1, -0.05) is 77.9 Å². The van der Waals surface area contributed by atoms with Gasteiger partial charge in [0.15, 0.2) is 11.5 Å². The maximum Gasteiger partial charge on any atom is 0.260 e. The van der Waals surface area contributed by atoms with Crippen molar-refractivity contribution in [2.75, 3.05) is 19.6 Å². The van der Waals surface area contributed by atoms with E-state index in [4.69, 9.17) is 21.1 Å². The van der Waals surface area contributed by atoms with Crippen LogP contribution in [0.2, 0.25) is 5.02 Å². The molecule has 4 aliphatic rings. The lowest BCUT2D eigenvalue weighted by molar-refractivity contribution is -0.142. The second kappa shape index (κ2) is 14.0. The summed E-state index contributed by atoms with van der Waals surface area (Å²) >= 11 is 6.38. The van der Waals surface area contributed by atoms with Crippen molar-refractivity contribution < 1.29 is 38.1 Å². The number of rotatable bonds is 9. The number of amides is 4. The Morgan fingerprint density at radius 2 is 1.56 bits per heavy atom. The number of imide groups is 2. The lowest BCUT2D eigenvalue weighted by atomic mass is 9.50. The first-order chi connectivity index (χ1) is 26.6. The first kappa shape index (κ1) is 36.1. The number of phenolic OH excluding ortho intramolecular Hbond substituents is 1. The summed E-state index contributed by atoms with van der Waals surface area (Å²) < 4.78 is 24.7. The molecule has 2 aliphatic heterocycles.